The number of rotatable bonds is 1. The number of hydrogen-bond acceptors (Lipinski definition) is 2. The van der Waals surface area contributed by atoms with Crippen molar-refractivity contribution in [1.29, 1.82) is 0 Å². The van der Waals surface area contributed by atoms with Gasteiger partial charge in [0, 0.05) is 0 Å². The highest BCUT2D eigenvalue weighted by molar-refractivity contribution is 5.75. The molecule has 0 saturated carbocycles. The third kappa shape index (κ3) is 1.81. The van der Waals surface area contributed by atoms with E-state index in [0.717, 1.165) is 6.20 Å². The Morgan fingerprint density at radius 1 is 1.00 bits per heavy atom. The second-order valence-electron chi connectivity index (χ2n) is 2.82. The quantitative estimate of drug-likeness (QED) is 0.722. The Morgan fingerprint density at radius 2 is 1.67 bits per heavy atom. The summed E-state index contributed by atoms with van der Waals surface area (Å²) in [6.07, 6.45) is -1.41. The first-order valence-electron chi connectivity index (χ1n) is 4.11. The highest BCUT2D eigenvalue weighted by atomic mass is 19.3. The Kier molecular flexibility index (Phi) is 2.37. The van der Waals surface area contributed by atoms with Gasteiger partial charge in [-0.25, -0.2) is 4.98 Å². The van der Waals surface area contributed by atoms with Crippen LogP contribution in [0.4, 0.5) is 13.2 Å². The first-order valence-corrected chi connectivity index (χ1v) is 4.11. The molecule has 5 heteroatoms. The van der Waals surface area contributed by atoms with Crippen LogP contribution >= 0.6 is 0 Å². The van der Waals surface area contributed by atoms with E-state index in [4.69, 9.17) is 0 Å². The van der Waals surface area contributed by atoms with Crippen molar-refractivity contribution in [3.8, 4) is 0 Å². The second-order valence-corrected chi connectivity index (χ2v) is 2.82. The topological polar surface area (TPSA) is 25.8 Å². The van der Waals surface area contributed by atoms with Gasteiger partial charge in [-0.2, -0.15) is 13.2 Å². The molecule has 2 nitrogen and oxygen atoms in total. The zero-order chi connectivity index (χ0) is 10.8. The van der Waals surface area contributed by atoms with E-state index in [2.05, 4.69) is 9.97 Å². The highest BCUT2D eigenvalue weighted by Gasteiger charge is 2.10. The third-order valence-corrected chi connectivity index (χ3v) is 1.84. The fourth-order valence-corrected chi connectivity index (χ4v) is 1.16. The number of nitrogens with zero attached hydrogens (tertiary/aromatic N) is 2. The van der Waals surface area contributed by atoms with Gasteiger partial charge in [-0.3, -0.25) is 4.98 Å². The predicted molar refractivity (Wildman–Crippen MR) is 49.8 cm³/mol. The van der Waals surface area contributed by atoms with Crippen molar-refractivity contribution in [1.82, 2.24) is 9.97 Å². The molecule has 1 aromatic carbocycles. The molecule has 76 valence electrons. The maximum atomic E-state index is 12.8. The van der Waals surface area contributed by atoms with Gasteiger partial charge in [0.2, 0.25) is 5.83 Å². The minimum atomic E-state index is -2.39. The minimum Gasteiger partial charge on any atom is -0.252 e. The zero-order valence-corrected chi connectivity index (χ0v) is 7.42. The lowest BCUT2D eigenvalue weighted by molar-refractivity contribution is 0.410. The van der Waals surface area contributed by atoms with Gasteiger partial charge in [-0.15, -0.1) is 0 Å². The first kappa shape index (κ1) is 9.64. The van der Waals surface area contributed by atoms with Gasteiger partial charge < -0.3 is 0 Å². The van der Waals surface area contributed by atoms with E-state index in [1.54, 1.807) is 24.3 Å². The lowest BCUT2D eigenvalue weighted by Crippen LogP contribution is -1.90. The molecule has 0 N–H and O–H groups in total. The zero-order valence-electron chi connectivity index (χ0n) is 7.42. The molecular formula is C10H5F3N2. The molecule has 2 rings (SSSR count). The summed E-state index contributed by atoms with van der Waals surface area (Å²) in [5, 5.41) is 0. The number of fused-ring (bicyclic) bond motifs is 1. The molecule has 0 unspecified atom stereocenters. The minimum absolute atomic E-state index is 0.381. The summed E-state index contributed by atoms with van der Waals surface area (Å²) < 4.78 is 36.7. The van der Waals surface area contributed by atoms with E-state index in [1.807, 2.05) is 0 Å². The van der Waals surface area contributed by atoms with Gasteiger partial charge in [-0.1, -0.05) is 12.1 Å². The number of benzene rings is 1. The van der Waals surface area contributed by atoms with Gasteiger partial charge in [0.1, 0.15) is 5.69 Å². The highest BCUT2D eigenvalue weighted by Crippen LogP contribution is 2.21. The molecule has 0 spiro atoms. The molecule has 0 bridgehead atoms. The Labute approximate surface area is 83.1 Å². The largest absolute Gasteiger partial charge is 0.308 e. The smallest absolute Gasteiger partial charge is 0.252 e. The van der Waals surface area contributed by atoms with Gasteiger partial charge >= 0.3 is 6.08 Å². The van der Waals surface area contributed by atoms with Crippen molar-refractivity contribution in [2.75, 3.05) is 0 Å². The SMILES string of the molecule is FC(F)=C(F)c1cnc2ccccc2n1. The van der Waals surface area contributed by atoms with Crippen LogP contribution in [-0.2, 0) is 0 Å². The summed E-state index contributed by atoms with van der Waals surface area (Å²) in [5.41, 5.74) is 0.466. The second kappa shape index (κ2) is 3.68. The van der Waals surface area contributed by atoms with Crippen molar-refractivity contribution >= 4 is 16.9 Å². The summed E-state index contributed by atoms with van der Waals surface area (Å²) in [4.78, 5) is 7.54. The summed E-state index contributed by atoms with van der Waals surface area (Å²) in [5.74, 6) is -1.63. The first-order chi connectivity index (χ1) is 7.18. The fourth-order valence-electron chi connectivity index (χ4n) is 1.16. The van der Waals surface area contributed by atoms with Crippen molar-refractivity contribution in [3.05, 3.63) is 42.2 Å². The molecule has 2 aromatic rings. The molecule has 1 aromatic heterocycles. The monoisotopic (exact) mass is 210 g/mol. The van der Waals surface area contributed by atoms with Crippen LogP contribution in [-0.4, -0.2) is 9.97 Å². The summed E-state index contributed by atoms with van der Waals surface area (Å²) in [7, 11) is 0. The molecule has 0 fully saturated rings. The standard InChI is InChI=1S/C10H5F3N2/c11-9(10(12)13)8-5-14-6-3-1-2-4-7(6)15-8/h1-5H. The maximum absolute atomic E-state index is 12.8. The van der Waals surface area contributed by atoms with Crippen LogP contribution in [0.3, 0.4) is 0 Å². The number of halogens is 3. The molecule has 0 aliphatic carbocycles. The predicted octanol–water partition coefficient (Wildman–Crippen LogP) is 3.16. The lowest BCUT2D eigenvalue weighted by Gasteiger charge is -1.98. The molecular weight excluding hydrogens is 205 g/mol. The molecule has 0 aliphatic rings. The van der Waals surface area contributed by atoms with E-state index in [-0.39, 0.29) is 0 Å². The van der Waals surface area contributed by atoms with Gasteiger partial charge in [-0.05, 0) is 12.1 Å². The summed E-state index contributed by atoms with van der Waals surface area (Å²) in [6.45, 7) is 0. The van der Waals surface area contributed by atoms with E-state index < -0.39 is 17.6 Å². The van der Waals surface area contributed by atoms with Crippen LogP contribution in [0.5, 0.6) is 0 Å². The Morgan fingerprint density at radius 3 is 2.33 bits per heavy atom. The average molecular weight is 210 g/mol. The van der Waals surface area contributed by atoms with Crippen LogP contribution in [0.1, 0.15) is 5.69 Å². The Hall–Kier alpha value is -1.91. The van der Waals surface area contributed by atoms with Crippen LogP contribution in [0.15, 0.2) is 36.5 Å². The van der Waals surface area contributed by atoms with Crippen LogP contribution in [0.25, 0.3) is 16.9 Å². The van der Waals surface area contributed by atoms with Gasteiger partial charge in [0.15, 0.2) is 0 Å². The normalized spacial score (nSPS) is 10.3. The molecule has 0 amide bonds. The molecule has 1 heterocycles. The number of hydrogen-bond donors (Lipinski definition) is 0. The molecule has 15 heavy (non-hydrogen) atoms. The summed E-state index contributed by atoms with van der Waals surface area (Å²) >= 11 is 0. The number of para-hydroxylation sites is 2. The Bertz CT molecular complexity index is 533. The van der Waals surface area contributed by atoms with Crippen molar-refractivity contribution in [3.63, 3.8) is 0 Å². The van der Waals surface area contributed by atoms with Crippen LogP contribution in [0, 0.1) is 0 Å². The summed E-state index contributed by atoms with van der Waals surface area (Å²) in [6, 6.07) is 6.65. The van der Waals surface area contributed by atoms with Gasteiger partial charge in [0.25, 0.3) is 0 Å². The van der Waals surface area contributed by atoms with E-state index in [9.17, 15) is 13.2 Å². The van der Waals surface area contributed by atoms with E-state index in [1.165, 1.54) is 0 Å². The van der Waals surface area contributed by atoms with Crippen molar-refractivity contribution in [2.24, 2.45) is 0 Å². The molecule has 0 atom stereocenters. The van der Waals surface area contributed by atoms with E-state index in [0.29, 0.717) is 11.0 Å². The molecule has 0 radical (unpaired) electrons. The van der Waals surface area contributed by atoms with Crippen molar-refractivity contribution < 1.29 is 13.2 Å². The fraction of sp³-hybridized carbons (Fsp3) is 0. The average Bonchev–Trinajstić information content (AvgIpc) is 2.27. The molecule has 0 aliphatic heterocycles. The van der Waals surface area contributed by atoms with Crippen LogP contribution < -0.4 is 0 Å². The lowest BCUT2D eigenvalue weighted by atomic mass is 10.3. The third-order valence-electron chi connectivity index (χ3n) is 1.84. The van der Waals surface area contributed by atoms with Crippen LogP contribution in [0.2, 0.25) is 0 Å². The van der Waals surface area contributed by atoms with Gasteiger partial charge in [0.05, 0.1) is 17.2 Å². The van der Waals surface area contributed by atoms with E-state index >= 15 is 0 Å². The number of aromatic nitrogens is 2. The van der Waals surface area contributed by atoms with Crippen molar-refractivity contribution in [2.45, 2.75) is 0 Å². The Balaban J connectivity index is 2.62. The maximum Gasteiger partial charge on any atom is 0.308 e. The molecule has 0 saturated heterocycles.